The van der Waals surface area contributed by atoms with E-state index in [1.54, 1.807) is 0 Å². The molecule has 0 atom stereocenters. The fourth-order valence-electron chi connectivity index (χ4n) is 1.88. The molecule has 0 saturated heterocycles. The van der Waals surface area contributed by atoms with Crippen LogP contribution in [0.1, 0.15) is 40.5 Å². The largest absolute Gasteiger partial charge is 0.465 e. The molecule has 0 bridgehead atoms. The summed E-state index contributed by atoms with van der Waals surface area (Å²) < 4.78 is 0. The van der Waals surface area contributed by atoms with Gasteiger partial charge in [0.25, 0.3) is 0 Å². The second-order valence-electron chi connectivity index (χ2n) is 7.32. The second kappa shape index (κ2) is 15.3. The Kier molecular flexibility index (Phi) is 20.2. The number of halogens is 3. The van der Waals surface area contributed by atoms with Gasteiger partial charge < -0.3 is 26.8 Å². The first-order chi connectivity index (χ1) is 9.63. The number of hydrogen-bond acceptors (Lipinski definition) is 4. The summed E-state index contributed by atoms with van der Waals surface area (Å²) in [6.07, 6.45) is 0.935. The summed E-state index contributed by atoms with van der Waals surface area (Å²) in [6.45, 7) is 12.2. The lowest BCUT2D eigenvalue weighted by molar-refractivity contribution is 0.123. The number of amides is 1. The Morgan fingerprint density at radius 2 is 1.50 bits per heavy atom. The van der Waals surface area contributed by atoms with E-state index in [1.807, 2.05) is 13.8 Å². The van der Waals surface area contributed by atoms with Crippen molar-refractivity contribution in [3.8, 4) is 0 Å². The van der Waals surface area contributed by atoms with Crippen LogP contribution in [0.4, 0.5) is 4.79 Å². The van der Waals surface area contributed by atoms with Gasteiger partial charge in [-0.1, -0.05) is 27.7 Å². The van der Waals surface area contributed by atoms with E-state index in [2.05, 4.69) is 19.2 Å². The monoisotopic (exact) mass is 410 g/mol. The predicted molar refractivity (Wildman–Crippen MR) is 109 cm³/mol. The summed E-state index contributed by atoms with van der Waals surface area (Å²) in [4.78, 5) is 12.7. The molecule has 24 heavy (non-hydrogen) atoms. The molecule has 0 radical (unpaired) electrons. The van der Waals surface area contributed by atoms with Crippen molar-refractivity contribution >= 4 is 43.3 Å². The molecule has 0 rings (SSSR count). The Hall–Kier alpha value is 0.0200. The van der Waals surface area contributed by atoms with Crippen LogP contribution < -0.4 is 16.8 Å². The van der Waals surface area contributed by atoms with Gasteiger partial charge in [0.1, 0.15) is 0 Å². The van der Waals surface area contributed by atoms with Crippen molar-refractivity contribution < 1.29 is 9.90 Å². The van der Waals surface area contributed by atoms with E-state index in [0.29, 0.717) is 26.2 Å². The summed E-state index contributed by atoms with van der Waals surface area (Å²) in [5.74, 6) is 0. The molecule has 0 saturated carbocycles. The number of nitrogens with one attached hydrogen (secondary N) is 1. The van der Waals surface area contributed by atoms with Crippen LogP contribution >= 0.6 is 37.2 Å². The number of hydrogen-bond donors (Lipinski definition) is 4. The predicted octanol–water partition coefficient (Wildman–Crippen LogP) is 2.57. The zero-order valence-corrected chi connectivity index (χ0v) is 17.8. The average Bonchev–Trinajstić information content (AvgIpc) is 2.41. The van der Waals surface area contributed by atoms with Gasteiger partial charge in [-0.25, -0.2) is 4.79 Å². The molecule has 6 N–H and O–H groups in total. The Labute approximate surface area is 165 Å². The molecule has 0 aromatic carbocycles. The highest BCUT2D eigenvalue weighted by molar-refractivity contribution is 5.86. The molecule has 0 aliphatic heterocycles. The molecule has 6 nitrogen and oxygen atoms in total. The first-order valence-corrected chi connectivity index (χ1v) is 7.72. The lowest BCUT2D eigenvalue weighted by Crippen LogP contribution is -2.42. The minimum absolute atomic E-state index is 0. The quantitative estimate of drug-likeness (QED) is 0.391. The Morgan fingerprint density at radius 3 is 1.92 bits per heavy atom. The van der Waals surface area contributed by atoms with Gasteiger partial charge in [-0.3, -0.25) is 0 Å². The van der Waals surface area contributed by atoms with Gasteiger partial charge in [-0.05, 0) is 43.3 Å². The normalized spacial score (nSPS) is 10.9. The van der Waals surface area contributed by atoms with E-state index in [4.69, 9.17) is 11.5 Å². The Morgan fingerprint density at radius 1 is 1.00 bits per heavy atom. The van der Waals surface area contributed by atoms with E-state index in [0.717, 1.165) is 25.9 Å². The Bertz CT molecular complexity index is 319. The van der Waals surface area contributed by atoms with Crippen molar-refractivity contribution in [2.45, 2.75) is 40.5 Å². The van der Waals surface area contributed by atoms with Crippen molar-refractivity contribution in [2.24, 2.45) is 22.3 Å². The van der Waals surface area contributed by atoms with Crippen LogP contribution in [0.5, 0.6) is 0 Å². The first-order valence-electron chi connectivity index (χ1n) is 7.72. The van der Waals surface area contributed by atoms with E-state index < -0.39 is 6.09 Å². The van der Waals surface area contributed by atoms with Crippen LogP contribution in [0.2, 0.25) is 0 Å². The van der Waals surface area contributed by atoms with Gasteiger partial charge in [-0.2, -0.15) is 0 Å². The lowest BCUT2D eigenvalue weighted by atomic mass is 9.93. The molecule has 150 valence electrons. The van der Waals surface area contributed by atoms with Gasteiger partial charge >= 0.3 is 6.09 Å². The summed E-state index contributed by atoms with van der Waals surface area (Å²) in [7, 11) is 0. The third-order valence-corrected chi connectivity index (χ3v) is 3.63. The van der Waals surface area contributed by atoms with Gasteiger partial charge in [0.2, 0.25) is 0 Å². The molecule has 1 amide bonds. The molecule has 0 aliphatic carbocycles. The van der Waals surface area contributed by atoms with Gasteiger partial charge in [0.05, 0.1) is 0 Å². The summed E-state index contributed by atoms with van der Waals surface area (Å²) in [5.41, 5.74) is 11.3. The molecule has 0 aromatic rings. The summed E-state index contributed by atoms with van der Waals surface area (Å²) in [6, 6.07) is 0. The van der Waals surface area contributed by atoms with Crippen LogP contribution in [-0.4, -0.2) is 55.4 Å². The smallest absolute Gasteiger partial charge is 0.407 e. The van der Waals surface area contributed by atoms with E-state index >= 15 is 0 Å². The molecule has 0 aromatic heterocycles. The van der Waals surface area contributed by atoms with Crippen LogP contribution in [0.15, 0.2) is 0 Å². The van der Waals surface area contributed by atoms with Crippen LogP contribution in [0.25, 0.3) is 0 Å². The fraction of sp³-hybridized carbons (Fsp3) is 0.933. The van der Waals surface area contributed by atoms with E-state index in [1.165, 1.54) is 4.90 Å². The second-order valence-corrected chi connectivity index (χ2v) is 7.32. The molecular weight excluding hydrogens is 375 g/mol. The number of rotatable bonds is 11. The molecule has 0 fully saturated rings. The van der Waals surface area contributed by atoms with Crippen molar-refractivity contribution in [2.75, 3.05) is 39.3 Å². The van der Waals surface area contributed by atoms with Gasteiger partial charge in [0, 0.05) is 19.6 Å². The highest BCUT2D eigenvalue weighted by atomic mass is 35.5. The number of nitrogens with zero attached hydrogens (tertiary/aromatic N) is 1. The highest BCUT2D eigenvalue weighted by Crippen LogP contribution is 2.15. The average molecular weight is 412 g/mol. The Balaban J connectivity index is -0.000000667. The van der Waals surface area contributed by atoms with Crippen LogP contribution in [0.3, 0.4) is 0 Å². The minimum atomic E-state index is -0.867. The van der Waals surface area contributed by atoms with Gasteiger partial charge in [-0.15, -0.1) is 37.2 Å². The number of unbranched alkanes of at least 4 members (excludes halogenated alkanes) is 1. The van der Waals surface area contributed by atoms with Gasteiger partial charge in [0.15, 0.2) is 0 Å². The molecule has 0 aliphatic rings. The molecule has 0 spiro atoms. The van der Waals surface area contributed by atoms with Crippen molar-refractivity contribution in [3.05, 3.63) is 0 Å². The summed E-state index contributed by atoms with van der Waals surface area (Å²) in [5, 5.41) is 12.6. The third-order valence-electron chi connectivity index (χ3n) is 3.63. The standard InChI is InChI=1S/C15H34N4O2.3ClH/c1-14(2,9-16)11-18-7-5-6-8-19(13(20)21)12-15(3,4)10-17;;;/h18H,5-12,16-17H2,1-4H3,(H,20,21);3*1H. The maximum atomic E-state index is 11.2. The zero-order chi connectivity index (χ0) is 16.5. The van der Waals surface area contributed by atoms with E-state index in [9.17, 15) is 9.90 Å². The van der Waals surface area contributed by atoms with Crippen LogP contribution in [-0.2, 0) is 0 Å². The number of carbonyl (C=O) groups is 1. The zero-order valence-electron chi connectivity index (χ0n) is 15.3. The number of nitrogens with two attached hydrogens (primary N) is 2. The highest BCUT2D eigenvalue weighted by Gasteiger charge is 2.23. The lowest BCUT2D eigenvalue weighted by Gasteiger charge is -2.30. The third kappa shape index (κ3) is 15.5. The summed E-state index contributed by atoms with van der Waals surface area (Å²) >= 11 is 0. The topological polar surface area (TPSA) is 105 Å². The first kappa shape index (κ1) is 31.8. The van der Waals surface area contributed by atoms with Crippen LogP contribution in [0, 0.1) is 10.8 Å². The molecular formula is C15H37Cl3N4O2. The fourth-order valence-corrected chi connectivity index (χ4v) is 1.88. The maximum Gasteiger partial charge on any atom is 0.407 e. The van der Waals surface area contributed by atoms with E-state index in [-0.39, 0.29) is 48.1 Å². The van der Waals surface area contributed by atoms with Crippen molar-refractivity contribution in [3.63, 3.8) is 0 Å². The molecule has 0 heterocycles. The maximum absolute atomic E-state index is 11.2. The number of carboxylic acid groups (broad SMARTS) is 1. The molecule has 9 heteroatoms. The minimum Gasteiger partial charge on any atom is -0.465 e. The van der Waals surface area contributed by atoms with Crippen molar-refractivity contribution in [1.82, 2.24) is 10.2 Å². The van der Waals surface area contributed by atoms with Crippen molar-refractivity contribution in [1.29, 1.82) is 0 Å². The molecule has 0 unspecified atom stereocenters. The SMILES string of the molecule is CC(C)(CN)CNCCCCN(CC(C)(C)CN)C(=O)O.Cl.Cl.Cl.